The molecule has 0 spiro atoms. The Bertz CT molecular complexity index is 571. The van der Waals surface area contributed by atoms with Gasteiger partial charge in [0.1, 0.15) is 11.6 Å². The zero-order valence-corrected chi connectivity index (χ0v) is 13.0. The molecule has 0 saturated carbocycles. The molecular weight excluding hydrogens is 262 g/mol. The van der Waals surface area contributed by atoms with E-state index >= 15 is 0 Å². The van der Waals surface area contributed by atoms with Gasteiger partial charge in [0, 0.05) is 25.3 Å². The third kappa shape index (κ3) is 4.38. The average Bonchev–Trinajstić information content (AvgIpc) is 2.53. The molecule has 112 valence electrons. The normalized spacial score (nSPS) is 10.2. The third-order valence-electron chi connectivity index (χ3n) is 3.26. The molecule has 0 aliphatic rings. The fourth-order valence-corrected chi connectivity index (χ4v) is 2.10. The number of ether oxygens (including phenoxy) is 1. The highest BCUT2D eigenvalue weighted by Crippen LogP contribution is 2.21. The number of hydrogen-bond donors (Lipinski definition) is 1. The molecule has 4 nitrogen and oxygen atoms in total. The van der Waals surface area contributed by atoms with Crippen LogP contribution in [0.4, 0.5) is 11.5 Å². The van der Waals surface area contributed by atoms with Crippen molar-refractivity contribution in [2.24, 2.45) is 0 Å². The van der Waals surface area contributed by atoms with Gasteiger partial charge in [0.15, 0.2) is 0 Å². The zero-order chi connectivity index (χ0) is 15.1. The molecule has 0 atom stereocenters. The highest BCUT2D eigenvalue weighted by molar-refractivity contribution is 5.50. The van der Waals surface area contributed by atoms with E-state index in [9.17, 15) is 0 Å². The monoisotopic (exact) mass is 285 g/mol. The van der Waals surface area contributed by atoms with Gasteiger partial charge in [-0.3, -0.25) is 0 Å². The van der Waals surface area contributed by atoms with Crippen LogP contribution in [0.1, 0.15) is 19.0 Å². The van der Waals surface area contributed by atoms with Gasteiger partial charge >= 0.3 is 0 Å². The number of hydrogen-bond acceptors (Lipinski definition) is 4. The molecule has 0 radical (unpaired) electrons. The van der Waals surface area contributed by atoms with Crippen molar-refractivity contribution in [1.29, 1.82) is 0 Å². The van der Waals surface area contributed by atoms with Gasteiger partial charge in [-0.05, 0) is 30.7 Å². The van der Waals surface area contributed by atoms with Gasteiger partial charge in [-0.1, -0.05) is 19.1 Å². The molecule has 21 heavy (non-hydrogen) atoms. The first-order chi connectivity index (χ1) is 10.2. The molecule has 0 bridgehead atoms. The highest BCUT2D eigenvalue weighted by Gasteiger charge is 2.05. The summed E-state index contributed by atoms with van der Waals surface area (Å²) in [5.41, 5.74) is 2.16. The predicted molar refractivity (Wildman–Crippen MR) is 88.1 cm³/mol. The molecule has 0 aliphatic heterocycles. The van der Waals surface area contributed by atoms with Crippen LogP contribution in [0.2, 0.25) is 0 Å². The lowest BCUT2D eigenvalue weighted by molar-refractivity contribution is 0.415. The van der Waals surface area contributed by atoms with Crippen LogP contribution in [0.5, 0.6) is 5.75 Å². The van der Waals surface area contributed by atoms with Gasteiger partial charge in [0.05, 0.1) is 19.3 Å². The van der Waals surface area contributed by atoms with Crippen LogP contribution in [0.3, 0.4) is 0 Å². The number of pyridine rings is 1. The van der Waals surface area contributed by atoms with E-state index in [1.165, 1.54) is 0 Å². The van der Waals surface area contributed by atoms with E-state index in [0.29, 0.717) is 0 Å². The Balaban J connectivity index is 2.06. The molecule has 0 fully saturated rings. The van der Waals surface area contributed by atoms with E-state index in [2.05, 4.69) is 35.2 Å². The number of anilines is 2. The molecule has 2 aromatic rings. The summed E-state index contributed by atoms with van der Waals surface area (Å²) in [5, 5.41) is 3.32. The van der Waals surface area contributed by atoms with E-state index in [0.717, 1.165) is 42.5 Å². The summed E-state index contributed by atoms with van der Waals surface area (Å²) in [7, 11) is 3.74. The summed E-state index contributed by atoms with van der Waals surface area (Å²) < 4.78 is 5.27. The van der Waals surface area contributed by atoms with Gasteiger partial charge in [-0.15, -0.1) is 0 Å². The van der Waals surface area contributed by atoms with Gasteiger partial charge in [0.25, 0.3) is 0 Å². The third-order valence-corrected chi connectivity index (χ3v) is 3.26. The van der Waals surface area contributed by atoms with E-state index in [1.54, 1.807) is 7.11 Å². The van der Waals surface area contributed by atoms with Crippen molar-refractivity contribution < 1.29 is 4.74 Å². The molecule has 0 saturated heterocycles. The lowest BCUT2D eigenvalue weighted by Gasteiger charge is -2.19. The van der Waals surface area contributed by atoms with Crippen LogP contribution in [-0.4, -0.2) is 25.7 Å². The van der Waals surface area contributed by atoms with Crippen molar-refractivity contribution in [2.75, 3.05) is 30.9 Å². The average molecular weight is 285 g/mol. The van der Waals surface area contributed by atoms with E-state index < -0.39 is 0 Å². The summed E-state index contributed by atoms with van der Waals surface area (Å²) in [4.78, 5) is 6.80. The van der Waals surface area contributed by atoms with Crippen molar-refractivity contribution in [3.05, 3.63) is 48.2 Å². The molecule has 1 N–H and O–H groups in total. The van der Waals surface area contributed by atoms with Crippen LogP contribution in [0.15, 0.2) is 42.5 Å². The quantitative estimate of drug-likeness (QED) is 0.844. The first-order valence-electron chi connectivity index (χ1n) is 7.28. The fourth-order valence-electron chi connectivity index (χ4n) is 2.10. The Kier molecular flexibility index (Phi) is 5.43. The number of methoxy groups -OCH3 is 1. The zero-order valence-electron chi connectivity index (χ0n) is 13.0. The van der Waals surface area contributed by atoms with Crippen molar-refractivity contribution >= 4 is 11.5 Å². The van der Waals surface area contributed by atoms with E-state index in [4.69, 9.17) is 4.74 Å². The number of nitrogens with one attached hydrogen (secondary N) is 1. The Morgan fingerprint density at radius 1 is 1.19 bits per heavy atom. The second-order valence-corrected chi connectivity index (χ2v) is 5.00. The fraction of sp³-hybridized carbons (Fsp3) is 0.353. The Morgan fingerprint density at radius 2 is 2.00 bits per heavy atom. The number of nitrogens with zero attached hydrogens (tertiary/aromatic N) is 2. The summed E-state index contributed by atoms with van der Waals surface area (Å²) >= 11 is 0. The van der Waals surface area contributed by atoms with Gasteiger partial charge in [0.2, 0.25) is 0 Å². The first kappa shape index (κ1) is 15.2. The minimum absolute atomic E-state index is 0.759. The standard InChI is InChI=1S/C17H23N3O/c1-4-11-18-17-10-5-7-14(19-17)13-20(2)15-8-6-9-16(12-15)21-3/h5-10,12H,4,11,13H2,1-3H3,(H,18,19). The van der Waals surface area contributed by atoms with Crippen molar-refractivity contribution in [3.63, 3.8) is 0 Å². The summed E-state index contributed by atoms with van der Waals surface area (Å²) in [6, 6.07) is 14.1. The first-order valence-corrected chi connectivity index (χ1v) is 7.28. The van der Waals surface area contributed by atoms with E-state index in [1.807, 2.05) is 36.4 Å². The maximum absolute atomic E-state index is 5.27. The van der Waals surface area contributed by atoms with Crippen LogP contribution in [0.25, 0.3) is 0 Å². The molecule has 4 heteroatoms. The molecule has 0 aliphatic carbocycles. The van der Waals surface area contributed by atoms with Gasteiger partial charge in [-0.2, -0.15) is 0 Å². The smallest absolute Gasteiger partial charge is 0.126 e. The minimum Gasteiger partial charge on any atom is -0.497 e. The maximum atomic E-state index is 5.27. The number of benzene rings is 1. The van der Waals surface area contributed by atoms with Gasteiger partial charge < -0.3 is 15.0 Å². The van der Waals surface area contributed by atoms with E-state index in [-0.39, 0.29) is 0 Å². The molecule has 2 rings (SSSR count). The predicted octanol–water partition coefficient (Wildman–Crippen LogP) is 3.55. The Morgan fingerprint density at radius 3 is 2.76 bits per heavy atom. The Labute approximate surface area is 126 Å². The second kappa shape index (κ2) is 7.53. The highest BCUT2D eigenvalue weighted by atomic mass is 16.5. The topological polar surface area (TPSA) is 37.4 Å². The number of aromatic nitrogens is 1. The minimum atomic E-state index is 0.759. The van der Waals surface area contributed by atoms with Crippen LogP contribution in [0, 0.1) is 0 Å². The Hall–Kier alpha value is -2.23. The van der Waals surface area contributed by atoms with Crippen LogP contribution < -0.4 is 15.0 Å². The molecular formula is C17H23N3O. The maximum Gasteiger partial charge on any atom is 0.126 e. The largest absolute Gasteiger partial charge is 0.497 e. The van der Waals surface area contributed by atoms with Crippen LogP contribution in [-0.2, 0) is 6.54 Å². The SMILES string of the molecule is CCCNc1cccc(CN(C)c2cccc(OC)c2)n1. The van der Waals surface area contributed by atoms with Gasteiger partial charge in [-0.25, -0.2) is 4.98 Å². The molecule has 0 unspecified atom stereocenters. The summed E-state index contributed by atoms with van der Waals surface area (Å²) in [6.07, 6.45) is 1.09. The summed E-state index contributed by atoms with van der Waals surface area (Å²) in [6.45, 7) is 3.85. The lowest BCUT2D eigenvalue weighted by atomic mass is 10.2. The van der Waals surface area contributed by atoms with Crippen LogP contribution >= 0.6 is 0 Å². The molecule has 1 aromatic heterocycles. The van der Waals surface area contributed by atoms with Crippen molar-refractivity contribution in [1.82, 2.24) is 4.98 Å². The van der Waals surface area contributed by atoms with Crippen molar-refractivity contribution in [3.8, 4) is 5.75 Å². The summed E-state index contributed by atoms with van der Waals surface area (Å²) in [5.74, 6) is 1.80. The lowest BCUT2D eigenvalue weighted by Crippen LogP contribution is -2.17. The molecule has 0 amide bonds. The second-order valence-electron chi connectivity index (χ2n) is 5.00. The molecule has 1 aromatic carbocycles. The van der Waals surface area contributed by atoms with Crippen molar-refractivity contribution in [2.45, 2.75) is 19.9 Å². The number of rotatable bonds is 7. The molecule has 1 heterocycles.